The van der Waals surface area contributed by atoms with E-state index in [4.69, 9.17) is 4.74 Å². The summed E-state index contributed by atoms with van der Waals surface area (Å²) >= 11 is 0. The molecule has 0 saturated carbocycles. The maximum atomic E-state index is 13.7. The molecule has 5 nitrogen and oxygen atoms in total. The highest BCUT2D eigenvalue weighted by molar-refractivity contribution is 5.76. The van der Waals surface area contributed by atoms with E-state index < -0.39 is 0 Å². The first-order valence-corrected chi connectivity index (χ1v) is 19.3. The van der Waals surface area contributed by atoms with E-state index in [1.165, 1.54) is 89.9 Å². The zero-order valence-corrected chi connectivity index (χ0v) is 30.8. The molecule has 0 aromatic rings. The Morgan fingerprint density at radius 1 is 0.600 bits per heavy atom. The van der Waals surface area contributed by atoms with Crippen LogP contribution in [0.4, 0.5) is 0 Å². The molecule has 1 amide bonds. The van der Waals surface area contributed by atoms with E-state index >= 15 is 0 Å². The van der Waals surface area contributed by atoms with E-state index in [1.54, 1.807) is 0 Å². The molecule has 0 bridgehead atoms. The van der Waals surface area contributed by atoms with Gasteiger partial charge in [-0.3, -0.25) is 9.59 Å². The summed E-state index contributed by atoms with van der Waals surface area (Å²) in [4.78, 5) is 29.8. The number of hydrogen-bond acceptors (Lipinski definition) is 4. The van der Waals surface area contributed by atoms with Crippen LogP contribution < -0.4 is 0 Å². The van der Waals surface area contributed by atoms with Crippen molar-refractivity contribution in [2.75, 3.05) is 33.8 Å². The molecule has 45 heavy (non-hydrogen) atoms. The SMILES string of the molecule is C/C=C\CCCCCCCCC(CCCCCCCC/C=C\CC)N(CCCN(C)C)C(=O)CCCCCCCC(=O)OCC. The summed E-state index contributed by atoms with van der Waals surface area (Å²) in [5.74, 6) is 0.283. The fourth-order valence-corrected chi connectivity index (χ4v) is 6.13. The minimum atomic E-state index is -0.0867. The number of rotatable bonds is 33. The summed E-state index contributed by atoms with van der Waals surface area (Å²) in [5.41, 5.74) is 0. The van der Waals surface area contributed by atoms with Crippen LogP contribution in [-0.2, 0) is 14.3 Å². The van der Waals surface area contributed by atoms with Gasteiger partial charge in [-0.1, -0.05) is 115 Å². The number of ether oxygens (including phenoxy) is 1. The fraction of sp³-hybridized carbons (Fsp3) is 0.850. The molecule has 0 rings (SSSR count). The van der Waals surface area contributed by atoms with Crippen molar-refractivity contribution in [1.82, 2.24) is 9.80 Å². The normalized spacial score (nSPS) is 12.5. The van der Waals surface area contributed by atoms with Gasteiger partial charge in [0.05, 0.1) is 6.61 Å². The van der Waals surface area contributed by atoms with Crippen molar-refractivity contribution in [2.45, 2.75) is 187 Å². The van der Waals surface area contributed by atoms with Crippen LogP contribution in [0.3, 0.4) is 0 Å². The van der Waals surface area contributed by atoms with E-state index in [1.807, 2.05) is 6.92 Å². The van der Waals surface area contributed by atoms with Crippen LogP contribution in [0, 0.1) is 0 Å². The molecule has 0 saturated heterocycles. The quantitative estimate of drug-likeness (QED) is 0.0410. The smallest absolute Gasteiger partial charge is 0.305 e. The predicted octanol–water partition coefficient (Wildman–Crippen LogP) is 11.2. The summed E-state index contributed by atoms with van der Waals surface area (Å²) < 4.78 is 5.03. The van der Waals surface area contributed by atoms with Gasteiger partial charge in [0.1, 0.15) is 0 Å². The highest BCUT2D eigenvalue weighted by Crippen LogP contribution is 2.21. The summed E-state index contributed by atoms with van der Waals surface area (Å²) in [5, 5.41) is 0. The van der Waals surface area contributed by atoms with Crippen LogP contribution >= 0.6 is 0 Å². The first-order chi connectivity index (χ1) is 22.0. The standard InChI is InChI=1S/C40H76N2O3/c1-6-9-11-13-15-17-19-21-24-28-33-38(32-27-23-20-18-16-14-12-10-7-2)42(37-31-36-41(4)5)39(43)34-29-25-22-26-30-35-40(44)45-8-3/h7,9-11,38H,6,8,12-37H2,1-5H3/b10-7-,11-9-. The Bertz CT molecular complexity index is 718. The van der Waals surface area contributed by atoms with Crippen molar-refractivity contribution >= 4 is 11.9 Å². The van der Waals surface area contributed by atoms with Gasteiger partial charge in [0.2, 0.25) is 5.91 Å². The van der Waals surface area contributed by atoms with Crippen LogP contribution in [0.15, 0.2) is 24.3 Å². The third-order valence-electron chi connectivity index (χ3n) is 8.80. The van der Waals surface area contributed by atoms with E-state index in [9.17, 15) is 9.59 Å². The van der Waals surface area contributed by atoms with Gasteiger partial charge in [0, 0.05) is 25.4 Å². The maximum Gasteiger partial charge on any atom is 0.305 e. The Hall–Kier alpha value is -1.62. The molecule has 0 aromatic carbocycles. The second-order valence-electron chi connectivity index (χ2n) is 13.3. The third kappa shape index (κ3) is 29.5. The lowest BCUT2D eigenvalue weighted by Gasteiger charge is -2.33. The van der Waals surface area contributed by atoms with Gasteiger partial charge in [-0.2, -0.15) is 0 Å². The number of carbonyl (C=O) groups excluding carboxylic acids is 2. The Morgan fingerprint density at radius 3 is 1.64 bits per heavy atom. The van der Waals surface area contributed by atoms with E-state index in [-0.39, 0.29) is 5.97 Å². The van der Waals surface area contributed by atoms with Crippen molar-refractivity contribution < 1.29 is 14.3 Å². The predicted molar refractivity (Wildman–Crippen MR) is 196 cm³/mol. The van der Waals surface area contributed by atoms with Gasteiger partial charge < -0.3 is 14.5 Å². The summed E-state index contributed by atoms with van der Waals surface area (Å²) in [7, 11) is 4.26. The molecule has 0 fully saturated rings. The number of hydrogen-bond donors (Lipinski definition) is 0. The maximum absolute atomic E-state index is 13.7. The molecule has 0 radical (unpaired) electrons. The number of unbranched alkanes of at least 4 members (excludes halogenated alkanes) is 16. The Kier molecular flexibility index (Phi) is 32.5. The van der Waals surface area contributed by atoms with Crippen molar-refractivity contribution in [3.63, 3.8) is 0 Å². The molecular weight excluding hydrogens is 556 g/mol. The number of allylic oxidation sites excluding steroid dienone is 4. The van der Waals surface area contributed by atoms with Gasteiger partial charge in [-0.05, 0) is 98.7 Å². The zero-order valence-electron chi connectivity index (χ0n) is 30.8. The average molecular weight is 633 g/mol. The monoisotopic (exact) mass is 633 g/mol. The first-order valence-electron chi connectivity index (χ1n) is 19.3. The van der Waals surface area contributed by atoms with Crippen LogP contribution in [0.25, 0.3) is 0 Å². The highest BCUT2D eigenvalue weighted by atomic mass is 16.5. The lowest BCUT2D eigenvalue weighted by atomic mass is 9.97. The number of amides is 1. The van der Waals surface area contributed by atoms with E-state index in [0.717, 1.165) is 70.9 Å². The van der Waals surface area contributed by atoms with Crippen LogP contribution in [0.5, 0.6) is 0 Å². The summed E-state index contributed by atoms with van der Waals surface area (Å²) in [6.45, 7) is 8.53. The van der Waals surface area contributed by atoms with E-state index in [2.05, 4.69) is 62.0 Å². The van der Waals surface area contributed by atoms with Crippen molar-refractivity contribution in [1.29, 1.82) is 0 Å². The lowest BCUT2D eigenvalue weighted by molar-refractivity contribution is -0.143. The molecule has 0 aromatic heterocycles. The Labute approximate surface area is 281 Å². The van der Waals surface area contributed by atoms with E-state index in [0.29, 0.717) is 31.4 Å². The second kappa shape index (κ2) is 33.7. The molecule has 264 valence electrons. The molecule has 5 heteroatoms. The summed E-state index contributed by atoms with van der Waals surface area (Å²) in [6, 6.07) is 0.387. The second-order valence-corrected chi connectivity index (χ2v) is 13.3. The van der Waals surface area contributed by atoms with Gasteiger partial charge in [0.15, 0.2) is 0 Å². The van der Waals surface area contributed by atoms with Gasteiger partial charge >= 0.3 is 5.97 Å². The molecule has 0 aliphatic heterocycles. The Balaban J connectivity index is 4.90. The minimum Gasteiger partial charge on any atom is -0.466 e. The van der Waals surface area contributed by atoms with Crippen LogP contribution in [-0.4, -0.2) is 61.5 Å². The van der Waals surface area contributed by atoms with Gasteiger partial charge in [-0.25, -0.2) is 0 Å². The molecular formula is C40H76N2O3. The lowest BCUT2D eigenvalue weighted by Crippen LogP contribution is -2.41. The molecule has 0 heterocycles. The third-order valence-corrected chi connectivity index (χ3v) is 8.80. The average Bonchev–Trinajstić information content (AvgIpc) is 3.01. The van der Waals surface area contributed by atoms with Crippen LogP contribution in [0.2, 0.25) is 0 Å². The number of esters is 1. The summed E-state index contributed by atoms with van der Waals surface area (Å²) in [6.07, 6.45) is 37.9. The number of nitrogens with zero attached hydrogens (tertiary/aromatic N) is 2. The molecule has 0 N–H and O–H groups in total. The number of carbonyl (C=O) groups is 2. The zero-order chi connectivity index (χ0) is 33.2. The van der Waals surface area contributed by atoms with Gasteiger partial charge in [-0.15, -0.1) is 0 Å². The van der Waals surface area contributed by atoms with Crippen molar-refractivity contribution in [2.24, 2.45) is 0 Å². The highest BCUT2D eigenvalue weighted by Gasteiger charge is 2.22. The van der Waals surface area contributed by atoms with Crippen LogP contribution in [0.1, 0.15) is 181 Å². The molecule has 0 aliphatic rings. The van der Waals surface area contributed by atoms with Gasteiger partial charge in [0.25, 0.3) is 0 Å². The first kappa shape index (κ1) is 43.4. The molecule has 0 aliphatic carbocycles. The fourth-order valence-electron chi connectivity index (χ4n) is 6.13. The Morgan fingerprint density at radius 2 is 1.11 bits per heavy atom. The van der Waals surface area contributed by atoms with Crippen molar-refractivity contribution in [3.8, 4) is 0 Å². The molecule has 0 spiro atoms. The minimum absolute atomic E-state index is 0.0867. The topological polar surface area (TPSA) is 49.9 Å². The molecule has 1 atom stereocenters. The largest absolute Gasteiger partial charge is 0.466 e. The van der Waals surface area contributed by atoms with Crippen molar-refractivity contribution in [3.05, 3.63) is 24.3 Å². The molecule has 1 unspecified atom stereocenters.